The molecule has 9 heteroatoms. The summed E-state index contributed by atoms with van der Waals surface area (Å²) in [4.78, 5) is 25.0. The zero-order valence-corrected chi connectivity index (χ0v) is 18.0. The van der Waals surface area contributed by atoms with E-state index in [-0.39, 0.29) is 35.3 Å². The third kappa shape index (κ3) is 6.64. The maximum Gasteiger partial charge on any atom is 0.253 e. The maximum absolute atomic E-state index is 13.9. The molecule has 162 valence electrons. The normalized spacial score (nSPS) is 12.4. The van der Waals surface area contributed by atoms with Crippen molar-refractivity contribution in [2.24, 2.45) is 0 Å². The van der Waals surface area contributed by atoms with E-state index in [0.29, 0.717) is 0 Å². The lowest BCUT2D eigenvalue weighted by Gasteiger charge is -2.20. The van der Waals surface area contributed by atoms with Gasteiger partial charge in [0.05, 0.1) is 24.1 Å². The molecule has 30 heavy (non-hydrogen) atoms. The largest absolute Gasteiger partial charge is 0.350 e. The molecule has 0 bridgehead atoms. The molecule has 1 unspecified atom stereocenters. The van der Waals surface area contributed by atoms with Crippen LogP contribution in [0.25, 0.3) is 0 Å². The van der Waals surface area contributed by atoms with E-state index in [1.165, 1.54) is 18.2 Å². The zero-order valence-electron chi connectivity index (χ0n) is 17.2. The van der Waals surface area contributed by atoms with E-state index in [1.54, 1.807) is 30.3 Å². The van der Waals surface area contributed by atoms with Crippen molar-refractivity contribution in [3.05, 3.63) is 65.5 Å². The van der Waals surface area contributed by atoms with Crippen LogP contribution in [0.4, 0.5) is 10.1 Å². The smallest absolute Gasteiger partial charge is 0.253 e. The Morgan fingerprint density at radius 1 is 1.10 bits per heavy atom. The van der Waals surface area contributed by atoms with Gasteiger partial charge in [-0.2, -0.15) is 4.31 Å². The van der Waals surface area contributed by atoms with E-state index in [1.807, 2.05) is 13.8 Å². The Balaban J connectivity index is 2.17. The van der Waals surface area contributed by atoms with Gasteiger partial charge in [-0.1, -0.05) is 37.3 Å². The fraction of sp³-hybridized carbons (Fsp3) is 0.333. The lowest BCUT2D eigenvalue weighted by atomic mass is 10.1. The lowest BCUT2D eigenvalue weighted by Crippen LogP contribution is -2.37. The molecule has 2 amide bonds. The quantitative estimate of drug-likeness (QED) is 0.633. The third-order valence-corrected chi connectivity index (χ3v) is 5.73. The summed E-state index contributed by atoms with van der Waals surface area (Å²) in [6.07, 6.45) is 1.70. The molecular weight excluding hydrogens is 409 g/mol. The van der Waals surface area contributed by atoms with E-state index in [0.717, 1.165) is 17.0 Å². The monoisotopic (exact) mass is 435 g/mol. The molecule has 0 aliphatic carbocycles. The van der Waals surface area contributed by atoms with E-state index in [4.69, 9.17) is 0 Å². The summed E-state index contributed by atoms with van der Waals surface area (Å²) in [5.74, 6) is -1.54. The van der Waals surface area contributed by atoms with Crippen molar-refractivity contribution < 1.29 is 22.4 Å². The minimum atomic E-state index is -3.79. The number of amides is 2. The molecule has 2 aromatic carbocycles. The van der Waals surface area contributed by atoms with Crippen molar-refractivity contribution in [2.45, 2.75) is 32.9 Å². The SMILES string of the molecule is CCC(C)NC(=O)c1ccccc1NC(=O)CN(Cc1ccccc1F)S(C)(=O)=O. The Morgan fingerprint density at radius 2 is 1.73 bits per heavy atom. The van der Waals surface area contributed by atoms with E-state index in [9.17, 15) is 22.4 Å². The van der Waals surface area contributed by atoms with Crippen LogP contribution >= 0.6 is 0 Å². The van der Waals surface area contributed by atoms with E-state index in [2.05, 4.69) is 10.6 Å². The molecule has 2 N–H and O–H groups in total. The number of benzene rings is 2. The molecule has 0 saturated carbocycles. The van der Waals surface area contributed by atoms with Crippen LogP contribution in [0, 0.1) is 5.82 Å². The Labute approximate surface area is 176 Å². The fourth-order valence-electron chi connectivity index (χ4n) is 2.65. The van der Waals surface area contributed by atoms with Crippen LogP contribution < -0.4 is 10.6 Å². The summed E-state index contributed by atoms with van der Waals surface area (Å²) in [5.41, 5.74) is 0.692. The average Bonchev–Trinajstić information content (AvgIpc) is 2.68. The van der Waals surface area contributed by atoms with Crippen molar-refractivity contribution in [1.29, 1.82) is 0 Å². The number of carbonyl (C=O) groups excluding carboxylic acids is 2. The predicted octanol–water partition coefficient (Wildman–Crippen LogP) is 2.75. The summed E-state index contributed by atoms with van der Waals surface area (Å²) in [5, 5.41) is 5.41. The van der Waals surface area contributed by atoms with E-state index >= 15 is 0 Å². The van der Waals surface area contributed by atoms with Crippen molar-refractivity contribution in [3.8, 4) is 0 Å². The number of nitrogens with zero attached hydrogens (tertiary/aromatic N) is 1. The second kappa shape index (κ2) is 10.3. The first-order valence-corrected chi connectivity index (χ1v) is 11.3. The molecule has 0 fully saturated rings. The van der Waals surface area contributed by atoms with Crippen molar-refractivity contribution in [1.82, 2.24) is 9.62 Å². The van der Waals surface area contributed by atoms with Crippen LogP contribution in [-0.4, -0.2) is 43.4 Å². The topological polar surface area (TPSA) is 95.6 Å². The predicted molar refractivity (Wildman–Crippen MR) is 114 cm³/mol. The van der Waals surface area contributed by atoms with Crippen molar-refractivity contribution in [2.75, 3.05) is 18.1 Å². The van der Waals surface area contributed by atoms with Crippen molar-refractivity contribution in [3.63, 3.8) is 0 Å². The minimum absolute atomic E-state index is 0.0391. The number of carbonyl (C=O) groups is 2. The molecule has 1 atom stereocenters. The molecule has 0 saturated heterocycles. The van der Waals surface area contributed by atoms with Gasteiger partial charge in [0.15, 0.2) is 0 Å². The van der Waals surface area contributed by atoms with Crippen LogP contribution in [0.3, 0.4) is 0 Å². The van der Waals surface area contributed by atoms with E-state index < -0.39 is 28.3 Å². The number of sulfonamides is 1. The van der Waals surface area contributed by atoms with Gasteiger partial charge in [0.25, 0.3) is 5.91 Å². The number of hydrogen-bond donors (Lipinski definition) is 2. The summed E-state index contributed by atoms with van der Waals surface area (Å²) in [6, 6.07) is 12.2. The highest BCUT2D eigenvalue weighted by Gasteiger charge is 2.23. The second-order valence-corrected chi connectivity index (χ2v) is 8.98. The van der Waals surface area contributed by atoms with Gasteiger partial charge in [0.1, 0.15) is 5.82 Å². The molecule has 0 spiro atoms. The van der Waals surface area contributed by atoms with Gasteiger partial charge in [0, 0.05) is 18.2 Å². The van der Waals surface area contributed by atoms with Crippen LogP contribution in [0.15, 0.2) is 48.5 Å². The van der Waals surface area contributed by atoms with Crippen molar-refractivity contribution >= 4 is 27.5 Å². The molecule has 0 radical (unpaired) electrons. The lowest BCUT2D eigenvalue weighted by molar-refractivity contribution is -0.116. The number of para-hydroxylation sites is 1. The first-order chi connectivity index (χ1) is 14.1. The van der Waals surface area contributed by atoms with Gasteiger partial charge >= 0.3 is 0 Å². The highest BCUT2D eigenvalue weighted by atomic mass is 32.2. The standard InChI is InChI=1S/C21H26FN3O4S/c1-4-15(2)23-21(27)17-10-6-8-12-19(17)24-20(26)14-25(30(3,28)29)13-16-9-5-7-11-18(16)22/h5-12,15H,4,13-14H2,1-3H3,(H,23,27)(H,24,26). The molecule has 0 aliphatic rings. The number of rotatable bonds is 9. The number of nitrogens with one attached hydrogen (secondary N) is 2. The summed E-state index contributed by atoms with van der Waals surface area (Å²) in [6.45, 7) is 3.00. The van der Waals surface area contributed by atoms with Gasteiger partial charge in [-0.05, 0) is 31.5 Å². The van der Waals surface area contributed by atoms with Crippen LogP contribution in [0.2, 0.25) is 0 Å². The molecule has 7 nitrogen and oxygen atoms in total. The minimum Gasteiger partial charge on any atom is -0.350 e. The van der Waals surface area contributed by atoms with Crippen LogP contribution in [0.1, 0.15) is 36.2 Å². The zero-order chi connectivity index (χ0) is 22.3. The third-order valence-electron chi connectivity index (χ3n) is 4.53. The number of hydrogen-bond acceptors (Lipinski definition) is 4. The van der Waals surface area contributed by atoms with Crippen LogP contribution in [0.5, 0.6) is 0 Å². The van der Waals surface area contributed by atoms with Gasteiger partial charge in [0.2, 0.25) is 15.9 Å². The van der Waals surface area contributed by atoms with Crippen LogP contribution in [-0.2, 0) is 21.4 Å². The average molecular weight is 436 g/mol. The highest BCUT2D eigenvalue weighted by molar-refractivity contribution is 7.88. The fourth-order valence-corrected chi connectivity index (χ4v) is 3.38. The van der Waals surface area contributed by atoms with Gasteiger partial charge < -0.3 is 10.6 Å². The van der Waals surface area contributed by atoms with Gasteiger partial charge in [-0.15, -0.1) is 0 Å². The summed E-state index contributed by atoms with van der Waals surface area (Å²) < 4.78 is 39.1. The Kier molecular flexibility index (Phi) is 8.08. The molecule has 0 aromatic heterocycles. The maximum atomic E-state index is 13.9. The highest BCUT2D eigenvalue weighted by Crippen LogP contribution is 2.17. The first-order valence-electron chi connectivity index (χ1n) is 9.50. The number of halogens is 1. The van der Waals surface area contributed by atoms with Gasteiger partial charge in [-0.25, -0.2) is 12.8 Å². The first kappa shape index (κ1) is 23.5. The molecule has 2 aromatic rings. The Bertz CT molecular complexity index is 1010. The molecule has 2 rings (SSSR count). The molecule has 0 aliphatic heterocycles. The summed E-state index contributed by atoms with van der Waals surface area (Å²) in [7, 11) is -3.79. The Hall–Kier alpha value is -2.78. The molecular formula is C21H26FN3O4S. The number of anilines is 1. The Morgan fingerprint density at radius 3 is 2.37 bits per heavy atom. The molecule has 0 heterocycles. The van der Waals surface area contributed by atoms with Gasteiger partial charge in [-0.3, -0.25) is 9.59 Å². The summed E-state index contributed by atoms with van der Waals surface area (Å²) >= 11 is 0. The second-order valence-electron chi connectivity index (χ2n) is 7.00.